The van der Waals surface area contributed by atoms with Gasteiger partial charge in [-0.2, -0.15) is 0 Å². The van der Waals surface area contributed by atoms with Crippen molar-refractivity contribution in [1.29, 1.82) is 0 Å². The van der Waals surface area contributed by atoms with Crippen LogP contribution in [-0.4, -0.2) is 17.3 Å². The molecule has 143 valence electrons. The Morgan fingerprint density at radius 2 is 1.38 bits per heavy atom. The van der Waals surface area contributed by atoms with Crippen molar-refractivity contribution in [3.8, 4) is 5.75 Å². The Hall–Kier alpha value is -1.16. The molecule has 0 aliphatic heterocycles. The van der Waals surface area contributed by atoms with Crippen molar-refractivity contribution < 1.29 is 42.6 Å². The second-order valence-electron chi connectivity index (χ2n) is 4.85. The van der Waals surface area contributed by atoms with Gasteiger partial charge in [-0.05, 0) is 31.2 Å². The predicted octanol–water partition coefficient (Wildman–Crippen LogP) is 5.94. The smallest absolute Gasteiger partial charge is 0.135 e. The van der Waals surface area contributed by atoms with E-state index in [-0.39, 0.29) is 46.7 Å². The van der Waals surface area contributed by atoms with Gasteiger partial charge in [0.05, 0.1) is 0 Å². The van der Waals surface area contributed by atoms with E-state index < -0.39 is 5.60 Å². The summed E-state index contributed by atoms with van der Waals surface area (Å²) >= 11 is 0. The summed E-state index contributed by atoms with van der Waals surface area (Å²) in [5, 5.41) is 13.5. The fourth-order valence-electron chi connectivity index (χ4n) is 1.66. The maximum absolute atomic E-state index is 10.4. The fraction of sp³-hybridized carbons (Fsp3) is 0.318. The first-order valence-corrected chi connectivity index (χ1v) is 8.49. The van der Waals surface area contributed by atoms with Crippen molar-refractivity contribution in [2.24, 2.45) is 0 Å². The van der Waals surface area contributed by atoms with Gasteiger partial charge in [-0.15, -0.1) is 0 Å². The van der Waals surface area contributed by atoms with Gasteiger partial charge in [0.1, 0.15) is 18.0 Å². The fourth-order valence-corrected chi connectivity index (χ4v) is 1.66. The molecule has 4 heteroatoms. The second kappa shape index (κ2) is 17.3. The van der Waals surface area contributed by atoms with Crippen LogP contribution in [0.1, 0.15) is 34.6 Å². The van der Waals surface area contributed by atoms with Crippen LogP contribution in [-0.2, 0) is 32.7 Å². The molecule has 0 spiro atoms. The Bertz CT molecular complexity index is 557. The van der Waals surface area contributed by atoms with E-state index >= 15 is 0 Å². The standard InChI is InChI=1S/C17H19NO2.2C2H6.CH3.Y/c1-14(18-15-9-5-3-6-10-15)17(2,19)13-20-16-11-7-4-8-12-16;2*1-2;;/h3-12,18-19H,1,13H2,2H3;2*1-2H3;1H3;/q;;;-1;/t17-;;;;/m0..../s1. The zero-order valence-corrected chi connectivity index (χ0v) is 20.0. The van der Waals surface area contributed by atoms with Gasteiger partial charge in [0.2, 0.25) is 0 Å². The van der Waals surface area contributed by atoms with Crippen LogP contribution in [0.5, 0.6) is 5.75 Å². The van der Waals surface area contributed by atoms with Crippen LogP contribution >= 0.6 is 0 Å². The molecule has 2 aromatic rings. The van der Waals surface area contributed by atoms with Crippen LogP contribution in [0.25, 0.3) is 0 Å². The number of benzene rings is 2. The average Bonchev–Trinajstić information content (AvgIpc) is 2.65. The number of hydrogen-bond donors (Lipinski definition) is 2. The van der Waals surface area contributed by atoms with Gasteiger partial charge in [0.15, 0.2) is 0 Å². The molecule has 26 heavy (non-hydrogen) atoms. The van der Waals surface area contributed by atoms with Crippen molar-refractivity contribution in [2.45, 2.75) is 40.2 Å². The summed E-state index contributed by atoms with van der Waals surface area (Å²) in [7, 11) is 0. The minimum atomic E-state index is -1.16. The molecule has 1 radical (unpaired) electrons. The Morgan fingerprint density at radius 3 is 1.85 bits per heavy atom. The molecule has 2 aromatic carbocycles. The second-order valence-corrected chi connectivity index (χ2v) is 4.85. The molecular weight excluding hydrogens is 399 g/mol. The van der Waals surface area contributed by atoms with Crippen molar-refractivity contribution in [2.75, 3.05) is 11.9 Å². The van der Waals surface area contributed by atoms with Gasteiger partial charge < -0.3 is 22.6 Å². The van der Waals surface area contributed by atoms with Crippen LogP contribution < -0.4 is 10.1 Å². The number of anilines is 1. The van der Waals surface area contributed by atoms with E-state index in [1.807, 2.05) is 88.4 Å². The van der Waals surface area contributed by atoms with E-state index in [1.165, 1.54) is 0 Å². The Morgan fingerprint density at radius 1 is 0.962 bits per heavy atom. The first-order valence-electron chi connectivity index (χ1n) is 8.49. The average molecular weight is 433 g/mol. The van der Waals surface area contributed by atoms with E-state index in [0.717, 1.165) is 11.4 Å². The molecule has 0 unspecified atom stereocenters. The van der Waals surface area contributed by atoms with Crippen molar-refractivity contribution >= 4 is 5.69 Å². The van der Waals surface area contributed by atoms with Crippen molar-refractivity contribution in [1.82, 2.24) is 0 Å². The first-order chi connectivity index (χ1) is 11.6. The van der Waals surface area contributed by atoms with Gasteiger partial charge in [-0.25, -0.2) is 0 Å². The van der Waals surface area contributed by atoms with Crippen LogP contribution in [0.15, 0.2) is 72.9 Å². The van der Waals surface area contributed by atoms with E-state index in [2.05, 4.69) is 11.9 Å². The summed E-state index contributed by atoms with van der Waals surface area (Å²) in [6.07, 6.45) is 0. The Kier molecular flexibility index (Phi) is 19.7. The molecule has 0 aliphatic carbocycles. The van der Waals surface area contributed by atoms with E-state index in [4.69, 9.17) is 4.74 Å². The molecule has 3 nitrogen and oxygen atoms in total. The number of rotatable bonds is 6. The molecule has 2 N–H and O–H groups in total. The molecule has 0 bridgehead atoms. The quantitative estimate of drug-likeness (QED) is 0.554. The third-order valence-corrected chi connectivity index (χ3v) is 2.98. The number of aliphatic hydroxyl groups is 1. The molecule has 0 saturated heterocycles. The molecule has 0 heterocycles. The van der Waals surface area contributed by atoms with Gasteiger partial charge in [-0.3, -0.25) is 0 Å². The summed E-state index contributed by atoms with van der Waals surface area (Å²) in [6.45, 7) is 13.7. The predicted molar refractivity (Wildman–Crippen MR) is 111 cm³/mol. The van der Waals surface area contributed by atoms with Gasteiger partial charge in [0, 0.05) is 44.1 Å². The van der Waals surface area contributed by atoms with Crippen LogP contribution in [0.4, 0.5) is 5.69 Å². The summed E-state index contributed by atoms with van der Waals surface area (Å²) in [6, 6.07) is 19.0. The van der Waals surface area contributed by atoms with Crippen LogP contribution in [0.3, 0.4) is 0 Å². The van der Waals surface area contributed by atoms with Gasteiger partial charge in [0.25, 0.3) is 0 Å². The van der Waals surface area contributed by atoms with E-state index in [1.54, 1.807) is 6.92 Å². The third-order valence-electron chi connectivity index (χ3n) is 2.98. The normalized spacial score (nSPS) is 10.7. The minimum absolute atomic E-state index is 0. The number of nitrogens with one attached hydrogen (secondary N) is 1. The number of ether oxygens (including phenoxy) is 1. The van der Waals surface area contributed by atoms with Crippen molar-refractivity contribution in [3.05, 3.63) is 80.4 Å². The first kappa shape index (κ1) is 29.6. The maximum atomic E-state index is 10.4. The molecule has 0 fully saturated rings. The zero-order valence-electron chi connectivity index (χ0n) is 17.1. The maximum Gasteiger partial charge on any atom is 0.135 e. The minimum Gasteiger partial charge on any atom is -0.490 e. The molecule has 0 aromatic heterocycles. The summed E-state index contributed by atoms with van der Waals surface area (Å²) in [5.74, 6) is 0.722. The molecule has 1 atom stereocenters. The van der Waals surface area contributed by atoms with Gasteiger partial charge >= 0.3 is 0 Å². The molecule has 2 rings (SSSR count). The summed E-state index contributed by atoms with van der Waals surface area (Å²) in [4.78, 5) is 0. The molecular formula is C22H34NO2Y-. The molecule has 0 aliphatic rings. The largest absolute Gasteiger partial charge is 0.490 e. The topological polar surface area (TPSA) is 41.5 Å². The third kappa shape index (κ3) is 11.5. The van der Waals surface area contributed by atoms with Gasteiger partial charge in [-0.1, -0.05) is 70.7 Å². The zero-order chi connectivity index (χ0) is 18.4. The monoisotopic (exact) mass is 433 g/mol. The molecule has 0 amide bonds. The van der Waals surface area contributed by atoms with Crippen LogP contribution in [0, 0.1) is 7.43 Å². The number of para-hydroxylation sites is 2. The summed E-state index contributed by atoms with van der Waals surface area (Å²) in [5.41, 5.74) is 0.225. The molecule has 0 saturated carbocycles. The van der Waals surface area contributed by atoms with Crippen LogP contribution in [0.2, 0.25) is 0 Å². The Balaban J connectivity index is -0.000000824. The number of hydrogen-bond acceptors (Lipinski definition) is 3. The summed E-state index contributed by atoms with van der Waals surface area (Å²) < 4.78 is 5.58. The van der Waals surface area contributed by atoms with E-state index in [9.17, 15) is 5.11 Å². The van der Waals surface area contributed by atoms with Crippen molar-refractivity contribution in [3.63, 3.8) is 0 Å². The SMILES string of the molecule is C=C(Nc1ccccc1)[C@@](C)(O)COc1ccccc1.CC.CC.[CH3-].[Y]. The van der Waals surface area contributed by atoms with E-state index in [0.29, 0.717) is 5.70 Å². The Labute approximate surface area is 185 Å².